The van der Waals surface area contributed by atoms with Crippen LogP contribution < -0.4 is 14.8 Å². The Kier molecular flexibility index (Phi) is 4.84. The molecule has 0 radical (unpaired) electrons. The van der Waals surface area contributed by atoms with Gasteiger partial charge < -0.3 is 19.7 Å². The number of hydrogen-bond acceptors (Lipinski definition) is 4. The molecule has 5 nitrogen and oxygen atoms in total. The first-order chi connectivity index (χ1) is 9.58. The number of fused-ring (bicyclic) bond motifs is 1. The van der Waals surface area contributed by atoms with Crippen LogP contribution in [0.15, 0.2) is 12.1 Å². The van der Waals surface area contributed by atoms with Crippen molar-refractivity contribution in [2.24, 2.45) is 0 Å². The number of aryl methyl sites for hydroxylation is 1. The van der Waals surface area contributed by atoms with E-state index in [2.05, 4.69) is 10.2 Å². The highest BCUT2D eigenvalue weighted by Crippen LogP contribution is 2.32. The van der Waals surface area contributed by atoms with E-state index < -0.39 is 0 Å². The molecule has 1 N–H and O–H groups in total. The maximum atomic E-state index is 12.2. The number of benzene rings is 1. The Morgan fingerprint density at radius 1 is 1.25 bits per heavy atom. The first-order valence-corrected chi connectivity index (χ1v) is 6.91. The van der Waals surface area contributed by atoms with Gasteiger partial charge in [-0.1, -0.05) is 0 Å². The predicted octanol–water partition coefficient (Wildman–Crippen LogP) is 1.45. The molecular weight excluding hydrogens is 256 g/mol. The average molecular weight is 278 g/mol. The summed E-state index contributed by atoms with van der Waals surface area (Å²) in [5, 5.41) is 2.94. The molecular formula is C15H22N2O3. The maximum Gasteiger partial charge on any atom is 0.251 e. The first kappa shape index (κ1) is 14.7. The summed E-state index contributed by atoms with van der Waals surface area (Å²) in [6.45, 7) is 4.63. The molecule has 0 unspecified atom stereocenters. The lowest BCUT2D eigenvalue weighted by atomic mass is 10.1. The Morgan fingerprint density at radius 3 is 2.55 bits per heavy atom. The van der Waals surface area contributed by atoms with Crippen LogP contribution in [0.1, 0.15) is 22.3 Å². The highest BCUT2D eigenvalue weighted by molar-refractivity contribution is 5.96. The number of nitrogens with zero attached hydrogens (tertiary/aromatic N) is 1. The molecule has 1 aromatic carbocycles. The summed E-state index contributed by atoms with van der Waals surface area (Å²) >= 11 is 0. The molecule has 1 aromatic rings. The summed E-state index contributed by atoms with van der Waals surface area (Å²) in [5.41, 5.74) is 1.55. The van der Waals surface area contributed by atoms with Gasteiger partial charge >= 0.3 is 0 Å². The third-order valence-corrected chi connectivity index (χ3v) is 3.20. The average Bonchev–Trinajstić information content (AvgIpc) is 2.42. The number of amides is 1. The molecule has 1 aliphatic heterocycles. The summed E-state index contributed by atoms with van der Waals surface area (Å²) in [5.74, 6) is 1.32. The van der Waals surface area contributed by atoms with Crippen molar-refractivity contribution in [1.29, 1.82) is 0 Å². The van der Waals surface area contributed by atoms with E-state index in [-0.39, 0.29) is 5.91 Å². The van der Waals surface area contributed by atoms with Gasteiger partial charge in [0.05, 0.1) is 0 Å². The number of rotatable bonds is 5. The van der Waals surface area contributed by atoms with Crippen molar-refractivity contribution in [3.05, 3.63) is 23.3 Å². The summed E-state index contributed by atoms with van der Waals surface area (Å²) < 4.78 is 11.0. The third-order valence-electron chi connectivity index (χ3n) is 3.20. The third kappa shape index (κ3) is 3.63. The van der Waals surface area contributed by atoms with Crippen LogP contribution in [0.3, 0.4) is 0 Å². The number of ether oxygens (including phenoxy) is 2. The molecule has 2 rings (SSSR count). The topological polar surface area (TPSA) is 50.8 Å². The van der Waals surface area contributed by atoms with Gasteiger partial charge in [-0.2, -0.15) is 0 Å². The molecule has 1 amide bonds. The van der Waals surface area contributed by atoms with E-state index in [4.69, 9.17) is 9.47 Å². The van der Waals surface area contributed by atoms with Gasteiger partial charge in [-0.3, -0.25) is 4.79 Å². The molecule has 110 valence electrons. The fourth-order valence-corrected chi connectivity index (χ4v) is 2.13. The Hall–Kier alpha value is -1.75. The summed E-state index contributed by atoms with van der Waals surface area (Å²) in [6, 6.07) is 3.63. The van der Waals surface area contributed by atoms with Crippen molar-refractivity contribution in [2.75, 3.05) is 40.4 Å². The SMILES string of the molecule is Cc1cc2c(cc1C(=O)NCCCN(C)C)OCCO2. The van der Waals surface area contributed by atoms with E-state index in [0.29, 0.717) is 31.1 Å². The minimum atomic E-state index is -0.0572. The molecule has 0 aliphatic carbocycles. The Balaban J connectivity index is 1.99. The normalized spacial score (nSPS) is 13.4. The maximum absolute atomic E-state index is 12.2. The van der Waals surface area contributed by atoms with Crippen LogP contribution in [0.5, 0.6) is 11.5 Å². The van der Waals surface area contributed by atoms with Crippen molar-refractivity contribution >= 4 is 5.91 Å². The molecule has 0 saturated heterocycles. The summed E-state index contributed by atoms with van der Waals surface area (Å²) in [4.78, 5) is 14.3. The molecule has 1 aliphatic rings. The van der Waals surface area contributed by atoms with Crippen LogP contribution in [-0.2, 0) is 0 Å². The van der Waals surface area contributed by atoms with Crippen molar-refractivity contribution in [3.8, 4) is 11.5 Å². The lowest BCUT2D eigenvalue weighted by molar-refractivity contribution is 0.0950. The van der Waals surface area contributed by atoms with Crippen LogP contribution >= 0.6 is 0 Å². The predicted molar refractivity (Wildman–Crippen MR) is 77.7 cm³/mol. The zero-order valence-corrected chi connectivity index (χ0v) is 12.4. The highest BCUT2D eigenvalue weighted by atomic mass is 16.6. The quantitative estimate of drug-likeness (QED) is 0.828. The summed E-state index contributed by atoms with van der Waals surface area (Å²) in [6.07, 6.45) is 0.933. The van der Waals surface area contributed by atoms with Crippen molar-refractivity contribution in [1.82, 2.24) is 10.2 Å². The molecule has 0 fully saturated rings. The Morgan fingerprint density at radius 2 is 1.90 bits per heavy atom. The monoisotopic (exact) mass is 278 g/mol. The van der Waals surface area contributed by atoms with Gasteiger partial charge in [-0.25, -0.2) is 0 Å². The highest BCUT2D eigenvalue weighted by Gasteiger charge is 2.17. The summed E-state index contributed by atoms with van der Waals surface area (Å²) in [7, 11) is 4.04. The second kappa shape index (κ2) is 6.61. The lowest BCUT2D eigenvalue weighted by Crippen LogP contribution is -2.28. The van der Waals surface area contributed by atoms with Crippen LogP contribution in [0.25, 0.3) is 0 Å². The number of nitrogens with one attached hydrogen (secondary N) is 1. The molecule has 0 bridgehead atoms. The van der Waals surface area contributed by atoms with Gasteiger partial charge in [0.15, 0.2) is 11.5 Å². The van der Waals surface area contributed by atoms with E-state index >= 15 is 0 Å². The van der Waals surface area contributed by atoms with E-state index in [9.17, 15) is 4.79 Å². The second-order valence-electron chi connectivity index (χ2n) is 5.22. The lowest BCUT2D eigenvalue weighted by Gasteiger charge is -2.20. The number of carbonyl (C=O) groups is 1. The molecule has 5 heteroatoms. The van der Waals surface area contributed by atoms with E-state index in [1.54, 1.807) is 6.07 Å². The van der Waals surface area contributed by atoms with Crippen LogP contribution in [0.2, 0.25) is 0 Å². The van der Waals surface area contributed by atoms with E-state index in [1.807, 2.05) is 27.1 Å². The number of carbonyl (C=O) groups excluding carboxylic acids is 1. The fourth-order valence-electron chi connectivity index (χ4n) is 2.13. The van der Waals surface area contributed by atoms with E-state index in [1.165, 1.54) is 0 Å². The molecule has 0 aromatic heterocycles. The number of hydrogen-bond donors (Lipinski definition) is 1. The van der Waals surface area contributed by atoms with Gasteiger partial charge in [0.2, 0.25) is 0 Å². The van der Waals surface area contributed by atoms with Gasteiger partial charge in [0, 0.05) is 12.1 Å². The van der Waals surface area contributed by atoms with Gasteiger partial charge in [0.1, 0.15) is 13.2 Å². The van der Waals surface area contributed by atoms with E-state index in [0.717, 1.165) is 24.3 Å². The largest absolute Gasteiger partial charge is 0.486 e. The molecule has 0 atom stereocenters. The van der Waals surface area contributed by atoms with Crippen molar-refractivity contribution in [3.63, 3.8) is 0 Å². The van der Waals surface area contributed by atoms with Crippen LogP contribution in [0.4, 0.5) is 0 Å². The van der Waals surface area contributed by atoms with Gasteiger partial charge in [-0.15, -0.1) is 0 Å². The molecule has 0 spiro atoms. The first-order valence-electron chi connectivity index (χ1n) is 6.91. The Labute approximate surface area is 119 Å². The van der Waals surface area contributed by atoms with Crippen LogP contribution in [0, 0.1) is 6.92 Å². The minimum Gasteiger partial charge on any atom is -0.486 e. The zero-order chi connectivity index (χ0) is 14.5. The molecule has 20 heavy (non-hydrogen) atoms. The van der Waals surface area contributed by atoms with Crippen LogP contribution in [-0.4, -0.2) is 51.2 Å². The van der Waals surface area contributed by atoms with Crippen molar-refractivity contribution in [2.45, 2.75) is 13.3 Å². The van der Waals surface area contributed by atoms with Crippen molar-refractivity contribution < 1.29 is 14.3 Å². The van der Waals surface area contributed by atoms with Gasteiger partial charge in [0.25, 0.3) is 5.91 Å². The second-order valence-corrected chi connectivity index (χ2v) is 5.22. The minimum absolute atomic E-state index is 0.0572. The smallest absolute Gasteiger partial charge is 0.251 e. The molecule has 0 saturated carbocycles. The van der Waals surface area contributed by atoms with Gasteiger partial charge in [-0.05, 0) is 51.7 Å². The fraction of sp³-hybridized carbons (Fsp3) is 0.533. The zero-order valence-electron chi connectivity index (χ0n) is 12.4. The Bertz CT molecular complexity index is 486. The standard InChI is InChI=1S/C15H22N2O3/c1-11-9-13-14(20-8-7-19-13)10-12(11)15(18)16-5-4-6-17(2)3/h9-10H,4-8H2,1-3H3,(H,16,18). The molecule has 1 heterocycles.